The van der Waals surface area contributed by atoms with Crippen molar-refractivity contribution in [3.05, 3.63) is 72.0 Å². The number of nitrogens with zero attached hydrogens (tertiary/aromatic N) is 4. The molecule has 2 aliphatic rings. The second-order valence-electron chi connectivity index (χ2n) is 7.27. The topological polar surface area (TPSA) is 93.7 Å². The zero-order valence-electron chi connectivity index (χ0n) is 16.7. The van der Waals surface area contributed by atoms with Gasteiger partial charge in [0.05, 0.1) is 7.11 Å². The van der Waals surface area contributed by atoms with Gasteiger partial charge in [0.2, 0.25) is 0 Å². The third kappa shape index (κ3) is 2.99. The van der Waals surface area contributed by atoms with Crippen molar-refractivity contribution >= 4 is 11.9 Å². The smallest absolute Gasteiger partial charge is 0.262 e. The zero-order chi connectivity index (χ0) is 20.6. The summed E-state index contributed by atoms with van der Waals surface area (Å²) < 4.78 is 5.42. The molecule has 1 aromatic carbocycles. The maximum atomic E-state index is 13.5. The molecular formula is C22H23N5O2. The monoisotopic (exact) mass is 389 g/mol. The third-order valence-electron chi connectivity index (χ3n) is 5.62. The summed E-state index contributed by atoms with van der Waals surface area (Å²) in [6, 6.07) is 7.80. The molecule has 0 radical (unpaired) electrons. The van der Waals surface area contributed by atoms with Crippen LogP contribution >= 0.6 is 0 Å². The average Bonchev–Trinajstić information content (AvgIpc) is 2.99. The van der Waals surface area contributed by atoms with E-state index in [1.807, 2.05) is 37.3 Å². The summed E-state index contributed by atoms with van der Waals surface area (Å²) in [5, 5.41) is 0. The Balaban J connectivity index is 1.86. The first-order chi connectivity index (χ1) is 14.0. The van der Waals surface area contributed by atoms with E-state index >= 15 is 0 Å². The highest BCUT2D eigenvalue weighted by molar-refractivity contribution is 6.07. The van der Waals surface area contributed by atoms with E-state index in [4.69, 9.17) is 15.5 Å². The van der Waals surface area contributed by atoms with Gasteiger partial charge < -0.3 is 10.5 Å². The summed E-state index contributed by atoms with van der Waals surface area (Å²) in [5.41, 5.74) is 8.54. The Labute approximate surface area is 169 Å². The third-order valence-corrected chi connectivity index (χ3v) is 5.62. The van der Waals surface area contributed by atoms with Crippen LogP contribution in [0.25, 0.3) is 11.1 Å². The predicted octanol–water partition coefficient (Wildman–Crippen LogP) is 2.62. The molecule has 2 atom stereocenters. The molecule has 1 aliphatic carbocycles. The molecule has 4 rings (SSSR count). The van der Waals surface area contributed by atoms with Crippen molar-refractivity contribution in [2.45, 2.75) is 18.9 Å². The van der Waals surface area contributed by atoms with E-state index in [0.29, 0.717) is 6.42 Å². The van der Waals surface area contributed by atoms with Crippen molar-refractivity contribution in [2.24, 2.45) is 16.6 Å². The van der Waals surface area contributed by atoms with Crippen LogP contribution in [0.5, 0.6) is 0 Å². The van der Waals surface area contributed by atoms with Gasteiger partial charge in [0, 0.05) is 30.9 Å². The lowest BCUT2D eigenvalue weighted by Gasteiger charge is -2.34. The summed E-state index contributed by atoms with van der Waals surface area (Å²) >= 11 is 0. The highest BCUT2D eigenvalue weighted by Crippen LogP contribution is 2.45. The Morgan fingerprint density at radius 1 is 1.24 bits per heavy atom. The van der Waals surface area contributed by atoms with Gasteiger partial charge >= 0.3 is 0 Å². The molecule has 0 saturated carbocycles. The number of rotatable bonds is 4. The van der Waals surface area contributed by atoms with Crippen molar-refractivity contribution in [2.75, 3.05) is 14.2 Å². The van der Waals surface area contributed by atoms with Gasteiger partial charge in [-0.1, -0.05) is 24.3 Å². The number of allylic oxidation sites excluding steroid dienone is 2. The van der Waals surface area contributed by atoms with E-state index in [9.17, 15) is 4.79 Å². The lowest BCUT2D eigenvalue weighted by atomic mass is 9.73. The number of carbonyl (C=O) groups is 1. The molecule has 148 valence electrons. The fourth-order valence-corrected chi connectivity index (χ4v) is 4.07. The van der Waals surface area contributed by atoms with Gasteiger partial charge in [-0.15, -0.1) is 0 Å². The summed E-state index contributed by atoms with van der Waals surface area (Å²) in [5.74, 6) is 0.720. The number of methoxy groups -OCH3 is 1. The van der Waals surface area contributed by atoms with Gasteiger partial charge in [-0.3, -0.25) is 9.69 Å². The van der Waals surface area contributed by atoms with Gasteiger partial charge in [-0.2, -0.15) is 0 Å². The molecule has 2 aromatic rings. The van der Waals surface area contributed by atoms with Crippen molar-refractivity contribution < 1.29 is 9.53 Å². The molecule has 2 heterocycles. The second-order valence-corrected chi connectivity index (χ2v) is 7.27. The minimum Gasteiger partial charge on any atom is -0.497 e. The van der Waals surface area contributed by atoms with E-state index in [1.54, 1.807) is 26.6 Å². The molecule has 1 aliphatic heterocycles. The number of hydrogen-bond acceptors (Lipinski definition) is 6. The van der Waals surface area contributed by atoms with Gasteiger partial charge in [-0.05, 0) is 42.2 Å². The number of amides is 1. The van der Waals surface area contributed by atoms with E-state index in [2.05, 4.69) is 16.0 Å². The number of aliphatic imine (C=N–C) groups is 1. The van der Waals surface area contributed by atoms with Crippen LogP contribution in [0.1, 0.15) is 18.9 Å². The van der Waals surface area contributed by atoms with Crippen LogP contribution in [-0.4, -0.2) is 40.9 Å². The van der Waals surface area contributed by atoms with Gasteiger partial charge in [0.25, 0.3) is 5.91 Å². The average molecular weight is 389 g/mol. The van der Waals surface area contributed by atoms with Crippen LogP contribution in [0.4, 0.5) is 0 Å². The zero-order valence-corrected chi connectivity index (χ0v) is 16.7. The highest BCUT2D eigenvalue weighted by atomic mass is 16.5. The Kier molecular flexibility index (Phi) is 4.66. The molecule has 2 N–H and O–H groups in total. The van der Waals surface area contributed by atoms with Gasteiger partial charge in [0.1, 0.15) is 12.1 Å². The number of nitrogens with two attached hydrogens (primary N) is 1. The molecule has 0 bridgehead atoms. The van der Waals surface area contributed by atoms with Crippen molar-refractivity contribution in [3.63, 3.8) is 0 Å². The maximum Gasteiger partial charge on any atom is 0.262 e. The quantitative estimate of drug-likeness (QED) is 0.868. The molecule has 0 spiro atoms. The Morgan fingerprint density at radius 2 is 2.00 bits per heavy atom. The Hall–Kier alpha value is -3.48. The highest BCUT2D eigenvalue weighted by Gasteiger charge is 2.53. The first-order valence-corrected chi connectivity index (χ1v) is 9.39. The lowest BCUT2D eigenvalue weighted by Crippen LogP contribution is -2.44. The minimum atomic E-state index is -1.12. The number of aromatic nitrogens is 2. The van der Waals surface area contributed by atoms with Crippen molar-refractivity contribution in [1.82, 2.24) is 14.9 Å². The number of likely N-dealkylation sites (N-methyl/N-ethyl adjacent to an activating group) is 1. The summed E-state index contributed by atoms with van der Waals surface area (Å²) in [4.78, 5) is 27.8. The van der Waals surface area contributed by atoms with Crippen molar-refractivity contribution in [1.29, 1.82) is 0 Å². The van der Waals surface area contributed by atoms with Crippen LogP contribution in [0.3, 0.4) is 0 Å². The first-order valence-electron chi connectivity index (χ1n) is 9.39. The standard InChI is InChI=1S/C22H23N5O2/c1-14-9-18(7-8-19(14)29-3)22(20(28)27(2)21(23)26-22)17-6-4-5-15(10-17)16-11-24-13-25-12-16/h4-6,8-13,18H,7H2,1-3H3,(H2,23,26). The molecule has 0 saturated heterocycles. The summed E-state index contributed by atoms with van der Waals surface area (Å²) in [6.07, 6.45) is 9.67. The first kappa shape index (κ1) is 18.9. The van der Waals surface area contributed by atoms with Crippen LogP contribution in [0, 0.1) is 5.92 Å². The van der Waals surface area contributed by atoms with Crippen molar-refractivity contribution in [3.8, 4) is 11.1 Å². The lowest BCUT2D eigenvalue weighted by molar-refractivity contribution is -0.132. The van der Waals surface area contributed by atoms with Crippen LogP contribution in [0.2, 0.25) is 0 Å². The molecule has 7 nitrogen and oxygen atoms in total. The van der Waals surface area contributed by atoms with Crippen LogP contribution in [0.15, 0.2) is 71.5 Å². The van der Waals surface area contributed by atoms with Gasteiger partial charge in [-0.25, -0.2) is 15.0 Å². The molecule has 0 fully saturated rings. The maximum absolute atomic E-state index is 13.5. The van der Waals surface area contributed by atoms with E-state index in [0.717, 1.165) is 28.0 Å². The van der Waals surface area contributed by atoms with Gasteiger partial charge in [0.15, 0.2) is 11.5 Å². The second kappa shape index (κ2) is 7.16. The molecule has 1 amide bonds. The van der Waals surface area contributed by atoms with Crippen LogP contribution < -0.4 is 5.73 Å². The normalized spacial score (nSPS) is 24.1. The molecular weight excluding hydrogens is 366 g/mol. The number of hydrogen-bond donors (Lipinski definition) is 1. The number of carbonyl (C=O) groups excluding carboxylic acids is 1. The van der Waals surface area contributed by atoms with Crippen LogP contribution in [-0.2, 0) is 15.1 Å². The molecule has 29 heavy (non-hydrogen) atoms. The number of guanidine groups is 1. The minimum absolute atomic E-state index is 0.139. The number of ether oxygens (including phenoxy) is 1. The van der Waals surface area contributed by atoms with E-state index in [1.165, 1.54) is 11.2 Å². The Bertz CT molecular complexity index is 1040. The SMILES string of the molecule is COC1=CCC(C2(c3cccc(-c4cncnc4)c3)N=C(N)N(C)C2=O)C=C1C. The fraction of sp³-hybridized carbons (Fsp3) is 0.273. The Morgan fingerprint density at radius 3 is 2.62 bits per heavy atom. The van der Waals surface area contributed by atoms with E-state index < -0.39 is 5.54 Å². The largest absolute Gasteiger partial charge is 0.497 e. The predicted molar refractivity (Wildman–Crippen MR) is 110 cm³/mol. The summed E-state index contributed by atoms with van der Waals surface area (Å²) in [6.45, 7) is 1.98. The molecule has 1 aromatic heterocycles. The van der Waals surface area contributed by atoms with E-state index in [-0.39, 0.29) is 17.8 Å². The molecule has 7 heteroatoms. The summed E-state index contributed by atoms with van der Waals surface area (Å²) in [7, 11) is 3.31. The number of benzene rings is 1. The fourth-order valence-electron chi connectivity index (χ4n) is 4.07. The molecule has 2 unspecified atom stereocenters.